The summed E-state index contributed by atoms with van der Waals surface area (Å²) in [7, 11) is 0. The van der Waals surface area contributed by atoms with Crippen LogP contribution in [0, 0.1) is 0 Å². The highest BCUT2D eigenvalue weighted by Crippen LogP contribution is 2.35. The lowest BCUT2D eigenvalue weighted by atomic mass is 10.0. The van der Waals surface area contributed by atoms with Gasteiger partial charge in [-0.25, -0.2) is 0 Å². The molecule has 0 spiro atoms. The van der Waals surface area contributed by atoms with E-state index >= 15 is 0 Å². The Labute approximate surface area is 158 Å². The standard InChI is InChI=1S/C21H23NO3S/c23-21(22-19-11-13-26-20-6-2-1-5-18(19)20)15-7-9-16(10-8-15)25-14-17-4-3-12-24-17/h1-2,5-10,17,19H,3-4,11-14H2,(H,22,23)/t17-,19+/m1/s1. The molecule has 2 aromatic rings. The third-order valence-electron chi connectivity index (χ3n) is 4.84. The Morgan fingerprint density at radius 3 is 2.81 bits per heavy atom. The summed E-state index contributed by atoms with van der Waals surface area (Å²) in [6.07, 6.45) is 3.32. The molecule has 5 heteroatoms. The molecule has 4 rings (SSSR count). The predicted octanol–water partition coefficient (Wildman–Crippen LogP) is 4.21. The summed E-state index contributed by atoms with van der Waals surface area (Å²) in [6.45, 7) is 1.40. The van der Waals surface area contributed by atoms with Crippen LogP contribution in [0.3, 0.4) is 0 Å². The molecule has 0 radical (unpaired) electrons. The van der Waals surface area contributed by atoms with E-state index in [9.17, 15) is 4.79 Å². The molecule has 136 valence electrons. The van der Waals surface area contributed by atoms with Crippen molar-refractivity contribution < 1.29 is 14.3 Å². The van der Waals surface area contributed by atoms with Crippen LogP contribution in [0.2, 0.25) is 0 Å². The second kappa shape index (κ2) is 8.14. The first-order chi connectivity index (χ1) is 12.8. The van der Waals surface area contributed by atoms with Crippen LogP contribution in [0.5, 0.6) is 5.75 Å². The molecule has 1 fully saturated rings. The second-order valence-corrected chi connectivity index (χ2v) is 7.81. The number of ether oxygens (including phenoxy) is 2. The number of thioether (sulfide) groups is 1. The largest absolute Gasteiger partial charge is 0.491 e. The van der Waals surface area contributed by atoms with E-state index in [0.717, 1.165) is 37.4 Å². The third-order valence-corrected chi connectivity index (χ3v) is 5.96. The lowest BCUT2D eigenvalue weighted by Crippen LogP contribution is -2.30. The van der Waals surface area contributed by atoms with E-state index in [1.165, 1.54) is 10.5 Å². The molecular weight excluding hydrogens is 346 g/mol. The Bertz CT molecular complexity index is 756. The highest BCUT2D eigenvalue weighted by atomic mass is 32.2. The molecule has 2 heterocycles. The first-order valence-corrected chi connectivity index (χ1v) is 10.2. The van der Waals surface area contributed by atoms with Crippen LogP contribution in [0.4, 0.5) is 0 Å². The van der Waals surface area contributed by atoms with Gasteiger partial charge in [0.2, 0.25) is 0 Å². The fraction of sp³-hybridized carbons (Fsp3) is 0.381. The Morgan fingerprint density at radius 2 is 2.00 bits per heavy atom. The van der Waals surface area contributed by atoms with E-state index in [4.69, 9.17) is 9.47 Å². The molecule has 4 nitrogen and oxygen atoms in total. The van der Waals surface area contributed by atoms with E-state index < -0.39 is 0 Å². The van der Waals surface area contributed by atoms with E-state index in [1.807, 2.05) is 48.2 Å². The molecule has 2 aliphatic rings. The monoisotopic (exact) mass is 369 g/mol. The zero-order valence-electron chi connectivity index (χ0n) is 14.6. The molecule has 0 unspecified atom stereocenters. The Balaban J connectivity index is 1.36. The molecule has 1 amide bonds. The van der Waals surface area contributed by atoms with Crippen molar-refractivity contribution >= 4 is 17.7 Å². The fourth-order valence-corrected chi connectivity index (χ4v) is 4.53. The van der Waals surface area contributed by atoms with Crippen molar-refractivity contribution in [3.05, 3.63) is 59.7 Å². The van der Waals surface area contributed by atoms with Gasteiger partial charge < -0.3 is 14.8 Å². The SMILES string of the molecule is O=C(N[C@H]1CCSc2ccccc21)c1ccc(OC[C@H]2CCCO2)cc1. The average Bonchev–Trinajstić information content (AvgIpc) is 3.21. The van der Waals surface area contributed by atoms with Crippen molar-refractivity contribution in [1.82, 2.24) is 5.32 Å². The van der Waals surface area contributed by atoms with Gasteiger partial charge in [0, 0.05) is 22.8 Å². The Hall–Kier alpha value is -1.98. The van der Waals surface area contributed by atoms with Gasteiger partial charge in [0.25, 0.3) is 5.91 Å². The van der Waals surface area contributed by atoms with Crippen molar-refractivity contribution in [3.8, 4) is 5.75 Å². The molecule has 2 aliphatic heterocycles. The van der Waals surface area contributed by atoms with Gasteiger partial charge in [0.05, 0.1) is 12.1 Å². The molecule has 26 heavy (non-hydrogen) atoms. The van der Waals surface area contributed by atoms with Gasteiger partial charge in [0.15, 0.2) is 0 Å². The molecule has 2 aromatic carbocycles. The summed E-state index contributed by atoms with van der Waals surface area (Å²) < 4.78 is 11.3. The summed E-state index contributed by atoms with van der Waals surface area (Å²) >= 11 is 1.86. The van der Waals surface area contributed by atoms with Crippen LogP contribution >= 0.6 is 11.8 Å². The number of carbonyl (C=O) groups excluding carboxylic acids is 1. The molecule has 2 atom stereocenters. The maximum atomic E-state index is 12.6. The quantitative estimate of drug-likeness (QED) is 0.858. The fourth-order valence-electron chi connectivity index (χ4n) is 3.40. The Morgan fingerprint density at radius 1 is 1.15 bits per heavy atom. The van der Waals surface area contributed by atoms with Gasteiger partial charge in [-0.15, -0.1) is 11.8 Å². The van der Waals surface area contributed by atoms with Crippen molar-refractivity contribution in [1.29, 1.82) is 0 Å². The van der Waals surface area contributed by atoms with E-state index in [-0.39, 0.29) is 18.1 Å². The number of hydrogen-bond donors (Lipinski definition) is 1. The number of benzene rings is 2. The van der Waals surface area contributed by atoms with Gasteiger partial charge in [0.1, 0.15) is 12.4 Å². The van der Waals surface area contributed by atoms with Gasteiger partial charge in [-0.3, -0.25) is 4.79 Å². The van der Waals surface area contributed by atoms with Gasteiger partial charge >= 0.3 is 0 Å². The van der Waals surface area contributed by atoms with E-state index in [2.05, 4.69) is 17.4 Å². The molecule has 1 N–H and O–H groups in total. The number of carbonyl (C=O) groups is 1. The molecule has 1 saturated heterocycles. The molecule has 0 bridgehead atoms. The van der Waals surface area contributed by atoms with Crippen molar-refractivity contribution in [2.75, 3.05) is 19.0 Å². The Kier molecular flexibility index (Phi) is 5.46. The summed E-state index contributed by atoms with van der Waals surface area (Å²) in [5.41, 5.74) is 1.87. The summed E-state index contributed by atoms with van der Waals surface area (Å²) in [4.78, 5) is 13.9. The van der Waals surface area contributed by atoms with Crippen LogP contribution in [0.15, 0.2) is 53.4 Å². The number of hydrogen-bond acceptors (Lipinski definition) is 4. The molecule has 0 aromatic heterocycles. The highest BCUT2D eigenvalue weighted by Gasteiger charge is 2.22. The lowest BCUT2D eigenvalue weighted by molar-refractivity contribution is 0.0679. The van der Waals surface area contributed by atoms with Crippen LogP contribution in [-0.4, -0.2) is 31.0 Å². The first kappa shape index (κ1) is 17.4. The van der Waals surface area contributed by atoms with Crippen molar-refractivity contribution in [3.63, 3.8) is 0 Å². The van der Waals surface area contributed by atoms with E-state index in [1.54, 1.807) is 0 Å². The van der Waals surface area contributed by atoms with Crippen LogP contribution in [0.1, 0.15) is 41.2 Å². The van der Waals surface area contributed by atoms with Crippen LogP contribution < -0.4 is 10.1 Å². The summed E-state index contributed by atoms with van der Waals surface area (Å²) in [5, 5.41) is 3.17. The summed E-state index contributed by atoms with van der Waals surface area (Å²) in [5.74, 6) is 1.76. The zero-order chi connectivity index (χ0) is 17.8. The third kappa shape index (κ3) is 4.05. The minimum absolute atomic E-state index is 0.0395. The number of fused-ring (bicyclic) bond motifs is 1. The summed E-state index contributed by atoms with van der Waals surface area (Å²) in [6, 6.07) is 15.7. The minimum atomic E-state index is -0.0395. The maximum absolute atomic E-state index is 12.6. The minimum Gasteiger partial charge on any atom is -0.491 e. The van der Waals surface area contributed by atoms with E-state index in [0.29, 0.717) is 12.2 Å². The van der Waals surface area contributed by atoms with Crippen LogP contribution in [0.25, 0.3) is 0 Å². The topological polar surface area (TPSA) is 47.6 Å². The normalized spacial score (nSPS) is 21.8. The smallest absolute Gasteiger partial charge is 0.251 e. The molecule has 0 saturated carbocycles. The average molecular weight is 369 g/mol. The molecular formula is C21H23NO3S. The number of rotatable bonds is 5. The van der Waals surface area contributed by atoms with Gasteiger partial charge in [-0.05, 0) is 55.2 Å². The van der Waals surface area contributed by atoms with Gasteiger partial charge in [-0.2, -0.15) is 0 Å². The lowest BCUT2D eigenvalue weighted by Gasteiger charge is -2.25. The number of nitrogens with one attached hydrogen (secondary N) is 1. The number of amides is 1. The van der Waals surface area contributed by atoms with Crippen molar-refractivity contribution in [2.24, 2.45) is 0 Å². The predicted molar refractivity (Wildman–Crippen MR) is 103 cm³/mol. The van der Waals surface area contributed by atoms with Crippen LogP contribution in [-0.2, 0) is 4.74 Å². The highest BCUT2D eigenvalue weighted by molar-refractivity contribution is 7.99. The molecule has 0 aliphatic carbocycles. The first-order valence-electron chi connectivity index (χ1n) is 9.16. The maximum Gasteiger partial charge on any atom is 0.251 e. The van der Waals surface area contributed by atoms with Crippen molar-refractivity contribution in [2.45, 2.75) is 36.3 Å². The van der Waals surface area contributed by atoms with Gasteiger partial charge in [-0.1, -0.05) is 18.2 Å². The second-order valence-electron chi connectivity index (χ2n) is 6.67. The zero-order valence-corrected chi connectivity index (χ0v) is 15.5.